The van der Waals surface area contributed by atoms with Crippen LogP contribution >= 0.6 is 0 Å². The minimum atomic E-state index is -0.847. The molecule has 5 heteroatoms. The molecule has 0 heterocycles. The summed E-state index contributed by atoms with van der Waals surface area (Å²) in [6.45, 7) is 6.56. The third-order valence-electron chi connectivity index (χ3n) is 2.59. The van der Waals surface area contributed by atoms with E-state index in [2.05, 4.69) is 10.6 Å². The third-order valence-corrected chi connectivity index (χ3v) is 2.59. The van der Waals surface area contributed by atoms with Gasteiger partial charge in [0.25, 0.3) is 0 Å². The number of rotatable bonds is 8. The molecule has 100 valence electrons. The van der Waals surface area contributed by atoms with Crippen molar-refractivity contribution in [2.24, 2.45) is 17.8 Å². The molecule has 17 heavy (non-hydrogen) atoms. The summed E-state index contributed by atoms with van der Waals surface area (Å²) in [5.74, 6) is -1.29. The van der Waals surface area contributed by atoms with Crippen molar-refractivity contribution in [3.63, 3.8) is 0 Å². The Morgan fingerprint density at radius 2 is 1.76 bits per heavy atom. The largest absolute Gasteiger partial charge is 0.481 e. The second kappa shape index (κ2) is 8.06. The van der Waals surface area contributed by atoms with E-state index in [1.54, 1.807) is 7.05 Å². The Balaban J connectivity index is 4.12. The van der Waals surface area contributed by atoms with Crippen molar-refractivity contribution < 1.29 is 14.7 Å². The maximum absolute atomic E-state index is 11.6. The summed E-state index contributed by atoms with van der Waals surface area (Å²) in [6.07, 6.45) is 0.579. The molecule has 0 bridgehead atoms. The van der Waals surface area contributed by atoms with Gasteiger partial charge in [0, 0.05) is 19.0 Å². The molecule has 0 aromatic heterocycles. The zero-order valence-corrected chi connectivity index (χ0v) is 11.1. The molecule has 0 aromatic rings. The van der Waals surface area contributed by atoms with Crippen molar-refractivity contribution in [3.05, 3.63) is 0 Å². The molecule has 2 atom stereocenters. The summed E-state index contributed by atoms with van der Waals surface area (Å²) in [6, 6.07) is 0. The zero-order valence-electron chi connectivity index (χ0n) is 11.1. The quantitative estimate of drug-likeness (QED) is 0.587. The fraction of sp³-hybridized carbons (Fsp3) is 0.833. The minimum absolute atomic E-state index is 0.102. The molecule has 0 aliphatic rings. The summed E-state index contributed by atoms with van der Waals surface area (Å²) in [5, 5.41) is 14.6. The zero-order chi connectivity index (χ0) is 13.4. The van der Waals surface area contributed by atoms with Crippen molar-refractivity contribution in [2.45, 2.75) is 27.2 Å². The fourth-order valence-corrected chi connectivity index (χ4v) is 1.64. The number of hydrogen-bond acceptors (Lipinski definition) is 3. The van der Waals surface area contributed by atoms with Gasteiger partial charge in [-0.25, -0.2) is 0 Å². The van der Waals surface area contributed by atoms with Crippen LogP contribution in [0.5, 0.6) is 0 Å². The molecule has 0 rings (SSSR count). The van der Waals surface area contributed by atoms with Gasteiger partial charge >= 0.3 is 5.97 Å². The molecule has 0 aromatic carbocycles. The predicted molar refractivity (Wildman–Crippen MR) is 66.7 cm³/mol. The summed E-state index contributed by atoms with van der Waals surface area (Å²) < 4.78 is 0. The van der Waals surface area contributed by atoms with Crippen LogP contribution in [0.4, 0.5) is 0 Å². The van der Waals surface area contributed by atoms with E-state index in [0.29, 0.717) is 18.9 Å². The van der Waals surface area contributed by atoms with Crippen LogP contribution in [0, 0.1) is 17.8 Å². The van der Waals surface area contributed by atoms with Gasteiger partial charge in [-0.05, 0) is 19.4 Å². The first-order valence-electron chi connectivity index (χ1n) is 6.03. The molecule has 5 nitrogen and oxygen atoms in total. The van der Waals surface area contributed by atoms with E-state index in [-0.39, 0.29) is 18.4 Å². The van der Waals surface area contributed by atoms with Gasteiger partial charge in [0.15, 0.2) is 0 Å². The number of carbonyl (C=O) groups is 2. The van der Waals surface area contributed by atoms with Gasteiger partial charge in [-0.15, -0.1) is 0 Å². The maximum Gasteiger partial charge on any atom is 0.308 e. The Morgan fingerprint density at radius 3 is 2.18 bits per heavy atom. The first-order valence-corrected chi connectivity index (χ1v) is 6.03. The fourth-order valence-electron chi connectivity index (χ4n) is 1.64. The van der Waals surface area contributed by atoms with Crippen LogP contribution in [0.2, 0.25) is 0 Å². The highest BCUT2D eigenvalue weighted by Crippen LogP contribution is 2.11. The average Bonchev–Trinajstić information content (AvgIpc) is 2.23. The lowest BCUT2D eigenvalue weighted by Crippen LogP contribution is -2.39. The summed E-state index contributed by atoms with van der Waals surface area (Å²) in [5.41, 5.74) is 0. The highest BCUT2D eigenvalue weighted by atomic mass is 16.4. The second-order valence-electron chi connectivity index (χ2n) is 4.87. The molecule has 0 radical (unpaired) electrons. The van der Waals surface area contributed by atoms with Crippen LogP contribution < -0.4 is 10.6 Å². The molecule has 0 fully saturated rings. The molecule has 2 unspecified atom stereocenters. The smallest absolute Gasteiger partial charge is 0.308 e. The van der Waals surface area contributed by atoms with Crippen molar-refractivity contribution in [1.29, 1.82) is 0 Å². The molecular formula is C12H24N2O3. The Hall–Kier alpha value is -1.10. The van der Waals surface area contributed by atoms with Crippen LogP contribution in [0.25, 0.3) is 0 Å². The van der Waals surface area contributed by atoms with Crippen LogP contribution in [0.15, 0.2) is 0 Å². The highest BCUT2D eigenvalue weighted by Gasteiger charge is 2.20. The van der Waals surface area contributed by atoms with Gasteiger partial charge in [0.1, 0.15) is 0 Å². The standard InChI is InChI=1S/C12H24N2O3/c1-8(2)5-10(12(16)17)7-14-11(15)9(3)6-13-4/h8-10,13H,5-7H2,1-4H3,(H,14,15)(H,16,17). The average molecular weight is 244 g/mol. The van der Waals surface area contributed by atoms with E-state index in [1.807, 2.05) is 20.8 Å². The van der Waals surface area contributed by atoms with Crippen molar-refractivity contribution in [2.75, 3.05) is 20.1 Å². The van der Waals surface area contributed by atoms with Crippen molar-refractivity contribution in [3.8, 4) is 0 Å². The first-order chi connectivity index (χ1) is 7.88. The van der Waals surface area contributed by atoms with Gasteiger partial charge < -0.3 is 15.7 Å². The van der Waals surface area contributed by atoms with E-state index in [4.69, 9.17) is 5.11 Å². The summed E-state index contributed by atoms with van der Waals surface area (Å²) >= 11 is 0. The molecule has 3 N–H and O–H groups in total. The molecule has 0 saturated carbocycles. The third kappa shape index (κ3) is 6.94. The van der Waals surface area contributed by atoms with E-state index in [0.717, 1.165) is 0 Å². The maximum atomic E-state index is 11.6. The van der Waals surface area contributed by atoms with E-state index in [1.165, 1.54) is 0 Å². The van der Waals surface area contributed by atoms with Gasteiger partial charge in [-0.1, -0.05) is 20.8 Å². The van der Waals surface area contributed by atoms with Gasteiger partial charge in [-0.3, -0.25) is 9.59 Å². The lowest BCUT2D eigenvalue weighted by atomic mass is 9.97. The molecule has 0 aliphatic heterocycles. The first kappa shape index (κ1) is 15.9. The summed E-state index contributed by atoms with van der Waals surface area (Å²) in [4.78, 5) is 22.6. The minimum Gasteiger partial charge on any atom is -0.481 e. The second-order valence-corrected chi connectivity index (χ2v) is 4.87. The predicted octanol–water partition coefficient (Wildman–Crippen LogP) is 0.705. The number of nitrogens with one attached hydrogen (secondary N) is 2. The molecule has 0 spiro atoms. The normalized spacial score (nSPS) is 14.4. The van der Waals surface area contributed by atoms with Crippen LogP contribution in [0.1, 0.15) is 27.2 Å². The van der Waals surface area contributed by atoms with Crippen molar-refractivity contribution >= 4 is 11.9 Å². The van der Waals surface area contributed by atoms with E-state index >= 15 is 0 Å². The Labute approximate surface area is 103 Å². The lowest BCUT2D eigenvalue weighted by molar-refractivity contribution is -0.142. The lowest BCUT2D eigenvalue weighted by Gasteiger charge is -2.17. The van der Waals surface area contributed by atoms with Crippen LogP contribution in [0.3, 0.4) is 0 Å². The molecule has 1 amide bonds. The van der Waals surface area contributed by atoms with E-state index in [9.17, 15) is 9.59 Å². The van der Waals surface area contributed by atoms with Crippen LogP contribution in [-0.4, -0.2) is 37.1 Å². The topological polar surface area (TPSA) is 78.4 Å². The molecule has 0 saturated heterocycles. The summed E-state index contributed by atoms with van der Waals surface area (Å²) in [7, 11) is 1.78. The number of carbonyl (C=O) groups excluding carboxylic acids is 1. The number of carboxylic acids is 1. The van der Waals surface area contributed by atoms with Gasteiger partial charge in [0.2, 0.25) is 5.91 Å². The van der Waals surface area contributed by atoms with Gasteiger partial charge in [0.05, 0.1) is 5.92 Å². The van der Waals surface area contributed by atoms with Crippen LogP contribution in [-0.2, 0) is 9.59 Å². The molecular weight excluding hydrogens is 220 g/mol. The number of hydrogen-bond donors (Lipinski definition) is 3. The monoisotopic (exact) mass is 244 g/mol. The highest BCUT2D eigenvalue weighted by molar-refractivity contribution is 5.79. The SMILES string of the molecule is CNCC(C)C(=O)NCC(CC(C)C)C(=O)O. The van der Waals surface area contributed by atoms with Crippen molar-refractivity contribution in [1.82, 2.24) is 10.6 Å². The number of aliphatic carboxylic acids is 1. The Morgan fingerprint density at radius 1 is 1.18 bits per heavy atom. The Kier molecular flexibility index (Phi) is 7.54. The molecule has 0 aliphatic carbocycles. The van der Waals surface area contributed by atoms with E-state index < -0.39 is 11.9 Å². The Bertz CT molecular complexity index is 254. The number of carboxylic acid groups (broad SMARTS) is 1. The number of amides is 1. The van der Waals surface area contributed by atoms with Gasteiger partial charge in [-0.2, -0.15) is 0 Å².